The van der Waals surface area contributed by atoms with E-state index in [9.17, 15) is 4.79 Å². The SMILES string of the molecule is CC(=O)C1=NN(c2ccccc2)C2c3cccc4cccc(c34)C12. The fourth-order valence-electron chi connectivity index (χ4n) is 4.15. The highest BCUT2D eigenvalue weighted by Crippen LogP contribution is 2.53. The van der Waals surface area contributed by atoms with Gasteiger partial charge in [0.25, 0.3) is 0 Å². The molecular formula is C21H16N2O. The van der Waals surface area contributed by atoms with Crippen LogP contribution in [0.5, 0.6) is 0 Å². The molecule has 24 heavy (non-hydrogen) atoms. The first-order chi connectivity index (χ1) is 11.8. The lowest BCUT2D eigenvalue weighted by atomic mass is 9.90. The number of hydrazone groups is 1. The summed E-state index contributed by atoms with van der Waals surface area (Å²) >= 11 is 0. The molecule has 3 aromatic rings. The Kier molecular flexibility index (Phi) is 2.69. The second-order valence-corrected chi connectivity index (χ2v) is 6.44. The molecule has 0 amide bonds. The number of carbonyl (C=O) groups is 1. The Morgan fingerprint density at radius 3 is 2.33 bits per heavy atom. The number of hydrogen-bond donors (Lipinski definition) is 0. The molecule has 3 heteroatoms. The Labute approximate surface area is 140 Å². The van der Waals surface area contributed by atoms with Crippen LogP contribution in [0.3, 0.4) is 0 Å². The molecule has 1 aliphatic heterocycles. The standard InChI is InChI=1S/C21H16N2O/c1-13(24)20-19-16-11-5-7-14-8-6-12-17(18(14)16)21(19)23(22-20)15-9-3-2-4-10-15/h2-12,19,21H,1H3. The van der Waals surface area contributed by atoms with Crippen molar-refractivity contribution in [2.75, 3.05) is 5.01 Å². The van der Waals surface area contributed by atoms with Gasteiger partial charge in [-0.25, -0.2) is 0 Å². The highest BCUT2D eigenvalue weighted by molar-refractivity contribution is 6.42. The normalized spacial score (nSPS) is 21.0. The van der Waals surface area contributed by atoms with Crippen LogP contribution >= 0.6 is 0 Å². The summed E-state index contributed by atoms with van der Waals surface area (Å²) in [5.74, 6) is 0.0667. The fourth-order valence-corrected chi connectivity index (χ4v) is 4.15. The van der Waals surface area contributed by atoms with Gasteiger partial charge in [-0.15, -0.1) is 0 Å². The number of Topliss-reactive ketones (excluding diaryl/α,β-unsaturated/α-hetero) is 1. The van der Waals surface area contributed by atoms with E-state index >= 15 is 0 Å². The number of carbonyl (C=O) groups excluding carboxylic acids is 1. The molecule has 0 radical (unpaired) electrons. The first-order valence-electron chi connectivity index (χ1n) is 8.21. The summed E-state index contributed by atoms with van der Waals surface area (Å²) in [6.07, 6.45) is 0. The first-order valence-corrected chi connectivity index (χ1v) is 8.21. The molecule has 3 nitrogen and oxygen atoms in total. The Hall–Kier alpha value is -2.94. The number of nitrogens with zero attached hydrogens (tertiary/aromatic N) is 2. The van der Waals surface area contributed by atoms with Gasteiger partial charge in [0, 0.05) is 6.92 Å². The molecule has 1 aliphatic carbocycles. The molecule has 0 saturated carbocycles. The zero-order chi connectivity index (χ0) is 16.3. The maximum Gasteiger partial charge on any atom is 0.176 e. The van der Waals surface area contributed by atoms with Crippen molar-refractivity contribution >= 4 is 28.0 Å². The third kappa shape index (κ3) is 1.67. The number of rotatable bonds is 2. The highest BCUT2D eigenvalue weighted by atomic mass is 16.1. The average molecular weight is 312 g/mol. The van der Waals surface area contributed by atoms with Crippen molar-refractivity contribution in [2.45, 2.75) is 18.9 Å². The van der Waals surface area contributed by atoms with E-state index in [1.54, 1.807) is 6.92 Å². The summed E-state index contributed by atoms with van der Waals surface area (Å²) in [5, 5.41) is 9.27. The van der Waals surface area contributed by atoms with E-state index in [1.807, 2.05) is 35.3 Å². The van der Waals surface area contributed by atoms with Crippen LogP contribution in [-0.4, -0.2) is 11.5 Å². The predicted octanol–water partition coefficient (Wildman–Crippen LogP) is 4.44. The molecule has 0 saturated heterocycles. The van der Waals surface area contributed by atoms with E-state index in [1.165, 1.54) is 21.9 Å². The fraction of sp³-hybridized carbons (Fsp3) is 0.143. The number of para-hydroxylation sites is 1. The molecule has 116 valence electrons. The van der Waals surface area contributed by atoms with Gasteiger partial charge in [-0.2, -0.15) is 5.10 Å². The van der Waals surface area contributed by atoms with Crippen molar-refractivity contribution in [1.29, 1.82) is 0 Å². The summed E-state index contributed by atoms with van der Waals surface area (Å²) in [4.78, 5) is 12.3. The molecule has 0 bridgehead atoms. The molecule has 1 heterocycles. The van der Waals surface area contributed by atoms with E-state index in [-0.39, 0.29) is 17.7 Å². The average Bonchev–Trinajstić information content (AvgIpc) is 3.15. The van der Waals surface area contributed by atoms with Gasteiger partial charge in [0.15, 0.2) is 5.78 Å². The van der Waals surface area contributed by atoms with Crippen molar-refractivity contribution in [3.05, 3.63) is 77.9 Å². The Morgan fingerprint density at radius 2 is 1.62 bits per heavy atom. The first kappa shape index (κ1) is 13.5. The van der Waals surface area contributed by atoms with Crippen molar-refractivity contribution < 1.29 is 4.79 Å². The lowest BCUT2D eigenvalue weighted by molar-refractivity contribution is -0.111. The molecule has 0 spiro atoms. The summed E-state index contributed by atoms with van der Waals surface area (Å²) in [5.41, 5.74) is 4.17. The highest BCUT2D eigenvalue weighted by Gasteiger charge is 2.47. The van der Waals surface area contributed by atoms with Gasteiger partial charge < -0.3 is 0 Å². The summed E-state index contributed by atoms with van der Waals surface area (Å²) in [7, 11) is 0. The lowest BCUT2D eigenvalue weighted by Gasteiger charge is -2.24. The number of ketones is 1. The molecule has 2 aliphatic rings. The minimum Gasteiger partial charge on any atom is -0.293 e. The van der Waals surface area contributed by atoms with Crippen LogP contribution in [0.15, 0.2) is 71.8 Å². The molecule has 2 atom stereocenters. The molecule has 0 aromatic heterocycles. The van der Waals surface area contributed by atoms with Gasteiger partial charge in [-0.05, 0) is 34.0 Å². The zero-order valence-electron chi connectivity index (χ0n) is 13.3. The number of anilines is 1. The van der Waals surface area contributed by atoms with Crippen LogP contribution in [0.4, 0.5) is 5.69 Å². The van der Waals surface area contributed by atoms with E-state index in [0.717, 1.165) is 5.69 Å². The molecular weight excluding hydrogens is 296 g/mol. The van der Waals surface area contributed by atoms with Gasteiger partial charge >= 0.3 is 0 Å². The Balaban J connectivity index is 1.79. The second kappa shape index (κ2) is 4.78. The maximum absolute atomic E-state index is 12.3. The quantitative estimate of drug-likeness (QED) is 0.700. The second-order valence-electron chi connectivity index (χ2n) is 6.44. The van der Waals surface area contributed by atoms with Gasteiger partial charge in [0.2, 0.25) is 0 Å². The van der Waals surface area contributed by atoms with E-state index < -0.39 is 0 Å². The van der Waals surface area contributed by atoms with Gasteiger partial charge in [-0.1, -0.05) is 54.6 Å². The largest absolute Gasteiger partial charge is 0.293 e. The molecule has 0 N–H and O–H groups in total. The summed E-state index contributed by atoms with van der Waals surface area (Å²) < 4.78 is 0. The number of benzene rings is 3. The predicted molar refractivity (Wildman–Crippen MR) is 96.5 cm³/mol. The van der Waals surface area contributed by atoms with Crippen LogP contribution in [0, 0.1) is 0 Å². The summed E-state index contributed by atoms with van der Waals surface area (Å²) in [6.45, 7) is 1.62. The van der Waals surface area contributed by atoms with Gasteiger partial charge in [0.05, 0.1) is 17.6 Å². The molecule has 2 unspecified atom stereocenters. The smallest absolute Gasteiger partial charge is 0.176 e. The Bertz CT molecular complexity index is 1000. The van der Waals surface area contributed by atoms with Crippen molar-refractivity contribution in [3.8, 4) is 0 Å². The minimum atomic E-state index is 0.0174. The molecule has 0 fully saturated rings. The van der Waals surface area contributed by atoms with Crippen LogP contribution in [0.25, 0.3) is 10.8 Å². The topological polar surface area (TPSA) is 32.7 Å². The monoisotopic (exact) mass is 312 g/mol. The van der Waals surface area contributed by atoms with Crippen molar-refractivity contribution in [2.24, 2.45) is 5.10 Å². The van der Waals surface area contributed by atoms with Crippen LogP contribution < -0.4 is 5.01 Å². The van der Waals surface area contributed by atoms with Crippen molar-refractivity contribution in [3.63, 3.8) is 0 Å². The van der Waals surface area contributed by atoms with Crippen LogP contribution in [-0.2, 0) is 4.79 Å². The van der Waals surface area contributed by atoms with E-state index in [0.29, 0.717) is 5.71 Å². The van der Waals surface area contributed by atoms with E-state index in [2.05, 4.69) is 36.4 Å². The number of hydrogen-bond acceptors (Lipinski definition) is 3. The van der Waals surface area contributed by atoms with Crippen molar-refractivity contribution in [1.82, 2.24) is 0 Å². The van der Waals surface area contributed by atoms with Crippen LogP contribution in [0.1, 0.15) is 30.0 Å². The molecule has 3 aromatic carbocycles. The third-order valence-electron chi connectivity index (χ3n) is 5.09. The maximum atomic E-state index is 12.3. The zero-order valence-corrected chi connectivity index (χ0v) is 13.3. The minimum absolute atomic E-state index is 0.0174. The van der Waals surface area contributed by atoms with Gasteiger partial charge in [0.1, 0.15) is 5.71 Å². The number of fused-ring (bicyclic) bond motifs is 3. The van der Waals surface area contributed by atoms with Gasteiger partial charge in [-0.3, -0.25) is 9.80 Å². The third-order valence-corrected chi connectivity index (χ3v) is 5.09. The lowest BCUT2D eigenvalue weighted by Crippen LogP contribution is -2.22. The Morgan fingerprint density at radius 1 is 0.917 bits per heavy atom. The van der Waals surface area contributed by atoms with E-state index in [4.69, 9.17) is 5.10 Å². The summed E-state index contributed by atoms with van der Waals surface area (Å²) in [6, 6.07) is 22.9. The molecule has 5 rings (SSSR count). The van der Waals surface area contributed by atoms with Crippen LogP contribution in [0.2, 0.25) is 0 Å².